The predicted molar refractivity (Wildman–Crippen MR) is 177 cm³/mol. The molecule has 6 rings (SSSR count). The monoisotopic (exact) mass is 675 g/mol. The molecule has 0 radical (unpaired) electrons. The molecule has 5 heteroatoms. The molecule has 3 aromatic carbocycles. The molecule has 0 N–H and O–H groups in total. The van der Waals surface area contributed by atoms with Gasteiger partial charge in [0.05, 0.1) is 0 Å². The van der Waals surface area contributed by atoms with Crippen molar-refractivity contribution in [2.24, 2.45) is 0 Å². The maximum Gasteiger partial charge on any atom is 0.173 e. The first kappa shape index (κ1) is 28.2. The Hall–Kier alpha value is -3.93. The summed E-state index contributed by atoms with van der Waals surface area (Å²) in [5.41, 5.74) is 12.3. The molecule has 3 aromatic heterocycles. The van der Waals surface area contributed by atoms with E-state index in [1.54, 1.807) is 0 Å². The molecule has 6 aromatic rings. The first-order valence-corrected chi connectivity index (χ1v) is 16.2. The predicted octanol–water partition coefficient (Wildman–Crippen LogP) is 8.54. The van der Waals surface area contributed by atoms with E-state index in [1.807, 2.05) is 12.4 Å². The Kier molecular flexibility index (Phi) is 8.97. The fourth-order valence-electron chi connectivity index (χ4n) is 5.07. The van der Waals surface area contributed by atoms with E-state index in [1.165, 1.54) is 50.1 Å². The fraction of sp³-hybridized carbons (Fsp3) is 0.108. The Morgan fingerprint density at radius 2 is 0.738 bits per heavy atom. The van der Waals surface area contributed by atoms with Crippen LogP contribution in [0.4, 0.5) is 0 Å². The van der Waals surface area contributed by atoms with E-state index in [-0.39, 0.29) is 0 Å². The number of benzene rings is 3. The normalized spacial score (nSPS) is 11.0. The minimum absolute atomic E-state index is 0.843. The van der Waals surface area contributed by atoms with Crippen molar-refractivity contribution in [2.75, 3.05) is 0 Å². The highest BCUT2D eigenvalue weighted by atomic mass is 79.9. The quantitative estimate of drug-likeness (QED) is 0.111. The maximum absolute atomic E-state index is 4.23. The van der Waals surface area contributed by atoms with Crippen LogP contribution in [0.2, 0.25) is 0 Å². The third-order valence-electron chi connectivity index (χ3n) is 7.48. The van der Waals surface area contributed by atoms with Crippen LogP contribution in [-0.2, 0) is 23.7 Å². The van der Waals surface area contributed by atoms with Crippen molar-refractivity contribution in [1.29, 1.82) is 0 Å². The van der Waals surface area contributed by atoms with Gasteiger partial charge in [0, 0.05) is 58.4 Å². The second-order valence-electron chi connectivity index (χ2n) is 10.5. The topological polar surface area (TPSA) is 20.6 Å². The summed E-state index contributed by atoms with van der Waals surface area (Å²) in [4.78, 5) is 4.23. The molecule has 0 amide bonds. The number of rotatable bonds is 9. The van der Waals surface area contributed by atoms with Crippen molar-refractivity contribution in [3.05, 3.63) is 163 Å². The first-order valence-electron chi connectivity index (χ1n) is 14.0. The number of nitrogens with zero attached hydrogens (tertiary/aromatic N) is 3. The molecule has 0 bridgehead atoms. The zero-order valence-corrected chi connectivity index (χ0v) is 26.4. The van der Waals surface area contributed by atoms with E-state index in [2.05, 4.69) is 174 Å². The zero-order valence-electron chi connectivity index (χ0n) is 23.2. The molecule has 0 spiro atoms. The standard InChI is InChI=1S/C37H31Br2N3/c38-24-28-1-5-30(6-2-28)26-41-17-11-33(12-18-41)36-21-35(32-9-15-40-16-10-32)22-37(23-36)34-13-19-42(20-14-34)27-31-7-3-29(25-39)4-8-31/h1-23H,24-27H2/q+2. The Bertz CT molecular complexity index is 1640. The van der Waals surface area contributed by atoms with Gasteiger partial charge in [-0.15, -0.1) is 0 Å². The highest BCUT2D eigenvalue weighted by Gasteiger charge is 2.11. The van der Waals surface area contributed by atoms with Crippen LogP contribution in [-0.4, -0.2) is 4.98 Å². The van der Waals surface area contributed by atoms with Gasteiger partial charge in [-0.3, -0.25) is 4.98 Å². The van der Waals surface area contributed by atoms with Gasteiger partial charge in [-0.25, -0.2) is 9.13 Å². The van der Waals surface area contributed by atoms with E-state index in [0.717, 1.165) is 29.3 Å². The van der Waals surface area contributed by atoms with E-state index in [0.29, 0.717) is 0 Å². The fourth-order valence-corrected chi connectivity index (χ4v) is 5.82. The van der Waals surface area contributed by atoms with Crippen molar-refractivity contribution >= 4 is 31.9 Å². The minimum atomic E-state index is 0.843. The van der Waals surface area contributed by atoms with E-state index in [9.17, 15) is 0 Å². The average molecular weight is 677 g/mol. The van der Waals surface area contributed by atoms with Gasteiger partial charge in [0.25, 0.3) is 0 Å². The van der Waals surface area contributed by atoms with Crippen molar-refractivity contribution in [2.45, 2.75) is 23.7 Å². The van der Waals surface area contributed by atoms with Crippen LogP contribution in [0.5, 0.6) is 0 Å². The maximum atomic E-state index is 4.23. The molecule has 206 valence electrons. The Balaban J connectivity index is 1.28. The first-order chi connectivity index (χ1) is 20.7. The highest BCUT2D eigenvalue weighted by Crippen LogP contribution is 2.32. The molecule has 0 aliphatic heterocycles. The number of pyridine rings is 3. The summed E-state index contributed by atoms with van der Waals surface area (Å²) >= 11 is 7.05. The zero-order chi connectivity index (χ0) is 28.7. The van der Waals surface area contributed by atoms with Crippen molar-refractivity contribution < 1.29 is 9.13 Å². The van der Waals surface area contributed by atoms with E-state index < -0.39 is 0 Å². The second-order valence-corrected chi connectivity index (χ2v) is 11.6. The number of hydrogen-bond donors (Lipinski definition) is 0. The Labute approximate surface area is 264 Å². The summed E-state index contributed by atoms with van der Waals surface area (Å²) in [6, 6.07) is 37.3. The van der Waals surface area contributed by atoms with Gasteiger partial charge in [0.1, 0.15) is 0 Å². The summed E-state index contributed by atoms with van der Waals surface area (Å²) < 4.78 is 4.45. The van der Waals surface area contributed by atoms with Crippen LogP contribution in [0.15, 0.2) is 140 Å². The number of hydrogen-bond acceptors (Lipinski definition) is 1. The van der Waals surface area contributed by atoms with Gasteiger partial charge in [-0.05, 0) is 74.8 Å². The van der Waals surface area contributed by atoms with Crippen LogP contribution in [0.1, 0.15) is 22.3 Å². The molecule has 0 saturated heterocycles. The summed E-state index contributed by atoms with van der Waals surface area (Å²) in [7, 11) is 0. The lowest BCUT2D eigenvalue weighted by Gasteiger charge is -2.11. The van der Waals surface area contributed by atoms with Crippen LogP contribution < -0.4 is 9.13 Å². The summed E-state index contributed by atoms with van der Waals surface area (Å²) in [5, 5.41) is 1.76. The molecule has 3 heterocycles. The minimum Gasteiger partial charge on any atom is -0.265 e. The third kappa shape index (κ3) is 6.92. The second kappa shape index (κ2) is 13.4. The van der Waals surface area contributed by atoms with Gasteiger partial charge >= 0.3 is 0 Å². The van der Waals surface area contributed by atoms with Crippen molar-refractivity contribution in [3.63, 3.8) is 0 Å². The SMILES string of the molecule is BrCc1ccc(C[n+]2ccc(-c3cc(-c4ccncc4)cc(-c4cc[n+](Cc5ccc(CBr)cc5)cc4)c3)cc2)cc1. The lowest BCUT2D eigenvalue weighted by molar-refractivity contribution is -0.688. The van der Waals surface area contributed by atoms with E-state index >= 15 is 0 Å². The third-order valence-corrected chi connectivity index (χ3v) is 8.78. The molecule has 0 saturated carbocycles. The largest absolute Gasteiger partial charge is 0.265 e. The highest BCUT2D eigenvalue weighted by molar-refractivity contribution is 9.08. The molecule has 42 heavy (non-hydrogen) atoms. The van der Waals surface area contributed by atoms with E-state index in [4.69, 9.17) is 0 Å². The van der Waals surface area contributed by atoms with Crippen molar-refractivity contribution in [1.82, 2.24) is 4.98 Å². The average Bonchev–Trinajstić information content (AvgIpc) is 3.06. The molecular weight excluding hydrogens is 646 g/mol. The molecule has 0 atom stereocenters. The summed E-state index contributed by atoms with van der Waals surface area (Å²) in [5.74, 6) is 0. The molecule has 0 aliphatic carbocycles. The van der Waals surface area contributed by atoms with Crippen LogP contribution >= 0.6 is 31.9 Å². The molecule has 3 nitrogen and oxygen atoms in total. The number of aromatic nitrogens is 3. The summed E-state index contributed by atoms with van der Waals surface area (Å²) in [6.45, 7) is 1.69. The smallest absolute Gasteiger partial charge is 0.173 e. The van der Waals surface area contributed by atoms with Gasteiger partial charge < -0.3 is 0 Å². The van der Waals surface area contributed by atoms with Gasteiger partial charge in [0.15, 0.2) is 37.9 Å². The van der Waals surface area contributed by atoms with Crippen LogP contribution in [0.3, 0.4) is 0 Å². The molecule has 0 aliphatic rings. The molecule has 0 fully saturated rings. The van der Waals surface area contributed by atoms with Crippen molar-refractivity contribution in [3.8, 4) is 33.4 Å². The number of alkyl halides is 2. The lowest BCUT2D eigenvalue weighted by atomic mass is 9.94. The summed E-state index contributed by atoms with van der Waals surface area (Å²) in [6.07, 6.45) is 12.4. The molecular formula is C37H31Br2N3+2. The lowest BCUT2D eigenvalue weighted by Crippen LogP contribution is -2.33. The van der Waals surface area contributed by atoms with Gasteiger partial charge in [-0.2, -0.15) is 0 Å². The van der Waals surface area contributed by atoms with Crippen LogP contribution in [0, 0.1) is 0 Å². The Morgan fingerprint density at radius 3 is 1.10 bits per heavy atom. The van der Waals surface area contributed by atoms with Gasteiger partial charge in [-0.1, -0.05) is 80.4 Å². The number of halogens is 2. The van der Waals surface area contributed by atoms with Crippen LogP contribution in [0.25, 0.3) is 33.4 Å². The Morgan fingerprint density at radius 1 is 0.405 bits per heavy atom. The van der Waals surface area contributed by atoms with Gasteiger partial charge in [0.2, 0.25) is 0 Å². The molecule has 0 unspecified atom stereocenters.